The first-order chi connectivity index (χ1) is 11.8. The van der Waals surface area contributed by atoms with Gasteiger partial charge >= 0.3 is 0 Å². The highest BCUT2D eigenvalue weighted by atomic mass is 35.5. The van der Waals surface area contributed by atoms with Crippen LogP contribution in [0.25, 0.3) is 0 Å². The van der Waals surface area contributed by atoms with Crippen molar-refractivity contribution in [1.82, 2.24) is 0 Å². The summed E-state index contributed by atoms with van der Waals surface area (Å²) in [5.74, 6) is -0.285. The first-order valence-corrected chi connectivity index (χ1v) is 7.98. The normalized spacial score (nSPS) is 10.2. The lowest BCUT2D eigenvalue weighted by Crippen LogP contribution is -2.23. The minimum Gasteiger partial charge on any atom is -0.495 e. The molecule has 0 heterocycles. The van der Waals surface area contributed by atoms with Gasteiger partial charge in [-0.15, -0.1) is 0 Å². The van der Waals surface area contributed by atoms with Gasteiger partial charge in [-0.1, -0.05) is 17.7 Å². The Hall–Kier alpha value is -2.73. The quantitative estimate of drug-likeness (QED) is 0.736. The molecule has 0 saturated carbocycles. The van der Waals surface area contributed by atoms with E-state index in [0.29, 0.717) is 33.3 Å². The lowest BCUT2D eigenvalue weighted by Gasteiger charge is -2.14. The van der Waals surface area contributed by atoms with E-state index in [1.165, 1.54) is 7.11 Å². The number of rotatable bonds is 6. The van der Waals surface area contributed by atoms with Crippen LogP contribution >= 0.6 is 11.6 Å². The van der Waals surface area contributed by atoms with Crippen molar-refractivity contribution in [3.63, 3.8) is 0 Å². The molecular formula is C18H20ClN3O3. The fourth-order valence-electron chi connectivity index (χ4n) is 2.39. The average molecular weight is 362 g/mol. The van der Waals surface area contributed by atoms with Gasteiger partial charge in [-0.05, 0) is 43.2 Å². The second-order valence-electron chi connectivity index (χ2n) is 5.55. The van der Waals surface area contributed by atoms with Crippen LogP contribution in [0.15, 0.2) is 30.3 Å². The summed E-state index contributed by atoms with van der Waals surface area (Å²) in [6.45, 7) is 3.63. The maximum Gasteiger partial charge on any atom is 0.249 e. The van der Waals surface area contributed by atoms with Gasteiger partial charge in [0.1, 0.15) is 5.75 Å². The van der Waals surface area contributed by atoms with E-state index in [-0.39, 0.29) is 12.5 Å². The number of anilines is 2. The Morgan fingerprint density at radius 1 is 1.20 bits per heavy atom. The largest absolute Gasteiger partial charge is 0.495 e. The van der Waals surface area contributed by atoms with Gasteiger partial charge in [-0.3, -0.25) is 9.59 Å². The maximum absolute atomic E-state index is 12.2. The number of amides is 2. The van der Waals surface area contributed by atoms with Crippen molar-refractivity contribution in [3.8, 4) is 5.75 Å². The highest BCUT2D eigenvalue weighted by Gasteiger charge is 2.12. The number of hydrogen-bond acceptors (Lipinski definition) is 4. The van der Waals surface area contributed by atoms with E-state index >= 15 is 0 Å². The number of ether oxygens (including phenoxy) is 1. The van der Waals surface area contributed by atoms with Crippen LogP contribution in [-0.2, 0) is 4.79 Å². The molecular weight excluding hydrogens is 342 g/mol. The van der Waals surface area contributed by atoms with Crippen LogP contribution in [0.3, 0.4) is 0 Å². The zero-order valence-electron chi connectivity index (χ0n) is 14.3. The fraction of sp³-hybridized carbons (Fsp3) is 0.222. The molecule has 0 bridgehead atoms. The third-order valence-electron chi connectivity index (χ3n) is 3.79. The monoisotopic (exact) mass is 361 g/mol. The molecule has 0 fully saturated rings. The molecule has 0 aliphatic rings. The lowest BCUT2D eigenvalue weighted by molar-refractivity contribution is -0.114. The van der Waals surface area contributed by atoms with Crippen molar-refractivity contribution in [2.45, 2.75) is 13.8 Å². The van der Waals surface area contributed by atoms with Crippen molar-refractivity contribution in [3.05, 3.63) is 52.0 Å². The molecule has 2 amide bonds. The Morgan fingerprint density at radius 2 is 1.92 bits per heavy atom. The fourth-order valence-corrected chi connectivity index (χ4v) is 2.55. The molecule has 0 aromatic heterocycles. The second-order valence-corrected chi connectivity index (χ2v) is 5.95. The van der Waals surface area contributed by atoms with Crippen molar-refractivity contribution in [2.75, 3.05) is 24.3 Å². The van der Waals surface area contributed by atoms with Crippen LogP contribution in [0, 0.1) is 13.8 Å². The van der Waals surface area contributed by atoms with Gasteiger partial charge in [-0.2, -0.15) is 0 Å². The van der Waals surface area contributed by atoms with Gasteiger partial charge < -0.3 is 21.1 Å². The number of halogens is 1. The predicted molar refractivity (Wildman–Crippen MR) is 99.6 cm³/mol. The number of nitrogens with one attached hydrogen (secondary N) is 2. The Kier molecular flexibility index (Phi) is 5.88. The Labute approximate surface area is 151 Å². The van der Waals surface area contributed by atoms with E-state index in [1.54, 1.807) is 37.3 Å². The minimum absolute atomic E-state index is 0.0217. The molecule has 0 unspecified atom stereocenters. The highest BCUT2D eigenvalue weighted by Crippen LogP contribution is 2.30. The van der Waals surface area contributed by atoms with Gasteiger partial charge in [-0.25, -0.2) is 0 Å². The third-order valence-corrected chi connectivity index (χ3v) is 4.20. The first kappa shape index (κ1) is 18.6. The van der Waals surface area contributed by atoms with Crippen molar-refractivity contribution in [2.24, 2.45) is 5.73 Å². The number of aryl methyl sites for hydroxylation is 1. The van der Waals surface area contributed by atoms with E-state index in [1.807, 2.05) is 6.92 Å². The van der Waals surface area contributed by atoms with Crippen LogP contribution < -0.4 is 21.1 Å². The van der Waals surface area contributed by atoms with E-state index in [0.717, 1.165) is 5.56 Å². The van der Waals surface area contributed by atoms with Gasteiger partial charge in [0, 0.05) is 22.3 Å². The number of hydrogen-bond donors (Lipinski definition) is 3. The molecule has 2 aromatic carbocycles. The summed E-state index contributed by atoms with van der Waals surface area (Å²) >= 11 is 6.06. The first-order valence-electron chi connectivity index (χ1n) is 7.60. The van der Waals surface area contributed by atoms with Crippen molar-refractivity contribution < 1.29 is 14.3 Å². The molecule has 0 radical (unpaired) electrons. The van der Waals surface area contributed by atoms with E-state index in [4.69, 9.17) is 22.1 Å². The van der Waals surface area contributed by atoms with Gasteiger partial charge in [0.25, 0.3) is 0 Å². The Morgan fingerprint density at radius 3 is 2.56 bits per heavy atom. The van der Waals surface area contributed by atoms with Gasteiger partial charge in [0.2, 0.25) is 11.8 Å². The molecule has 132 valence electrons. The molecule has 0 aliphatic carbocycles. The molecule has 0 spiro atoms. The zero-order chi connectivity index (χ0) is 18.6. The minimum atomic E-state index is -0.507. The van der Waals surface area contributed by atoms with Crippen LogP contribution in [0.4, 0.5) is 11.4 Å². The highest BCUT2D eigenvalue weighted by molar-refractivity contribution is 6.31. The number of nitrogens with two attached hydrogens (primary N) is 1. The van der Waals surface area contributed by atoms with Crippen molar-refractivity contribution in [1.29, 1.82) is 0 Å². The predicted octanol–water partition coefficient (Wildman–Crippen LogP) is 3.11. The number of carbonyl (C=O) groups excluding carboxylic acids is 2. The molecule has 6 nitrogen and oxygen atoms in total. The molecule has 0 saturated heterocycles. The van der Waals surface area contributed by atoms with Gasteiger partial charge in [0.15, 0.2) is 0 Å². The van der Waals surface area contributed by atoms with E-state index in [2.05, 4.69) is 10.6 Å². The van der Waals surface area contributed by atoms with E-state index < -0.39 is 5.91 Å². The summed E-state index contributed by atoms with van der Waals surface area (Å²) in [5.41, 5.74) is 8.49. The van der Waals surface area contributed by atoms with Crippen LogP contribution in [0.1, 0.15) is 21.5 Å². The average Bonchev–Trinajstić information content (AvgIpc) is 2.56. The Balaban J connectivity index is 2.08. The summed E-state index contributed by atoms with van der Waals surface area (Å²) in [6, 6.07) is 8.53. The Bertz CT molecular complexity index is 821. The molecule has 7 heteroatoms. The SMILES string of the molecule is COc1cc(Cl)c(C)cc1NC(=O)CNc1cccc(C(N)=O)c1C. The van der Waals surface area contributed by atoms with Crippen molar-refractivity contribution >= 4 is 34.8 Å². The maximum atomic E-state index is 12.2. The summed E-state index contributed by atoms with van der Waals surface area (Å²) in [4.78, 5) is 23.6. The van der Waals surface area contributed by atoms with Gasteiger partial charge in [0.05, 0.1) is 19.3 Å². The summed E-state index contributed by atoms with van der Waals surface area (Å²) in [6.07, 6.45) is 0. The molecule has 0 aliphatic heterocycles. The molecule has 2 aromatic rings. The van der Waals surface area contributed by atoms with Crippen LogP contribution in [0.5, 0.6) is 5.75 Å². The molecule has 2 rings (SSSR count). The number of methoxy groups -OCH3 is 1. The smallest absolute Gasteiger partial charge is 0.249 e. The second kappa shape index (κ2) is 7.90. The lowest BCUT2D eigenvalue weighted by atomic mass is 10.1. The third kappa shape index (κ3) is 4.42. The summed E-state index contributed by atoms with van der Waals surface area (Å²) < 4.78 is 5.24. The topological polar surface area (TPSA) is 93.4 Å². The summed E-state index contributed by atoms with van der Waals surface area (Å²) in [5, 5.41) is 6.35. The molecule has 4 N–H and O–H groups in total. The van der Waals surface area contributed by atoms with Crippen LogP contribution in [-0.4, -0.2) is 25.5 Å². The zero-order valence-corrected chi connectivity index (χ0v) is 15.0. The molecule has 0 atom stereocenters. The number of carbonyl (C=O) groups is 2. The molecule has 25 heavy (non-hydrogen) atoms. The van der Waals surface area contributed by atoms with E-state index in [9.17, 15) is 9.59 Å². The standard InChI is InChI=1S/C18H20ClN3O3/c1-10-7-15(16(25-3)8-13(10)19)22-17(23)9-21-14-6-4-5-12(11(14)2)18(20)24/h4-8,21H,9H2,1-3H3,(H2,20,24)(H,22,23). The number of benzene rings is 2. The number of primary amides is 1. The summed E-state index contributed by atoms with van der Waals surface area (Å²) in [7, 11) is 1.51. The van der Waals surface area contributed by atoms with Crippen LogP contribution in [0.2, 0.25) is 5.02 Å².